The Morgan fingerprint density at radius 1 is 0.789 bits per heavy atom. The third-order valence-corrected chi connectivity index (χ3v) is 3.51. The van der Waals surface area contributed by atoms with Crippen LogP contribution in [0.3, 0.4) is 0 Å². The van der Waals surface area contributed by atoms with Crippen molar-refractivity contribution >= 4 is 5.69 Å². The second-order valence-electron chi connectivity index (χ2n) is 4.88. The molecular weight excluding hydrogens is 230 g/mol. The molecule has 0 aromatic heterocycles. The lowest BCUT2D eigenvalue weighted by Crippen LogP contribution is -2.04. The molecule has 1 nitrogen and oxygen atoms in total. The maximum absolute atomic E-state index is 3.59. The average molecular weight is 253 g/mol. The van der Waals surface area contributed by atoms with E-state index in [1.54, 1.807) is 0 Å². The Morgan fingerprint density at radius 2 is 1.42 bits per heavy atom. The summed E-state index contributed by atoms with van der Waals surface area (Å²) in [6, 6.07) is 17.3. The Balaban J connectivity index is 2.10. The topological polar surface area (TPSA) is 12.0 Å². The van der Waals surface area contributed by atoms with Gasteiger partial charge in [0.2, 0.25) is 0 Å². The van der Waals surface area contributed by atoms with Gasteiger partial charge >= 0.3 is 0 Å². The molecule has 0 spiro atoms. The van der Waals surface area contributed by atoms with Gasteiger partial charge in [-0.25, -0.2) is 0 Å². The van der Waals surface area contributed by atoms with Crippen molar-refractivity contribution in [1.82, 2.24) is 0 Å². The molecule has 100 valence electrons. The zero-order valence-electron chi connectivity index (χ0n) is 11.9. The second-order valence-corrected chi connectivity index (χ2v) is 4.88. The van der Waals surface area contributed by atoms with Crippen molar-refractivity contribution in [2.75, 3.05) is 5.32 Å². The molecule has 1 N–H and O–H groups in total. The first-order valence-corrected chi connectivity index (χ1v) is 7.23. The van der Waals surface area contributed by atoms with Gasteiger partial charge in [-0.05, 0) is 35.6 Å². The number of para-hydroxylation sites is 1. The van der Waals surface area contributed by atoms with Crippen molar-refractivity contribution < 1.29 is 0 Å². The van der Waals surface area contributed by atoms with Crippen molar-refractivity contribution in [3.05, 3.63) is 65.2 Å². The van der Waals surface area contributed by atoms with E-state index in [1.807, 2.05) is 0 Å². The van der Waals surface area contributed by atoms with Gasteiger partial charge in [0, 0.05) is 12.2 Å². The number of hydrogen-bond acceptors (Lipinski definition) is 1. The van der Waals surface area contributed by atoms with Crippen LogP contribution < -0.4 is 5.32 Å². The molecule has 19 heavy (non-hydrogen) atoms. The number of nitrogens with one attached hydrogen (secondary N) is 1. The molecule has 0 saturated carbocycles. The minimum Gasteiger partial charge on any atom is -0.381 e. The fourth-order valence-corrected chi connectivity index (χ4v) is 2.45. The van der Waals surface area contributed by atoms with Crippen molar-refractivity contribution in [3.8, 4) is 0 Å². The van der Waals surface area contributed by atoms with Crippen molar-refractivity contribution in [1.29, 1.82) is 0 Å². The highest BCUT2D eigenvalue weighted by Crippen LogP contribution is 2.19. The van der Waals surface area contributed by atoms with E-state index < -0.39 is 0 Å². The molecule has 0 atom stereocenters. The van der Waals surface area contributed by atoms with Gasteiger partial charge in [0.1, 0.15) is 0 Å². The van der Waals surface area contributed by atoms with Gasteiger partial charge in [0.05, 0.1) is 0 Å². The Kier molecular flexibility index (Phi) is 5.02. The van der Waals surface area contributed by atoms with E-state index in [4.69, 9.17) is 0 Å². The van der Waals surface area contributed by atoms with E-state index in [1.165, 1.54) is 28.8 Å². The Morgan fingerprint density at radius 3 is 2.11 bits per heavy atom. The summed E-state index contributed by atoms with van der Waals surface area (Å²) < 4.78 is 0. The summed E-state index contributed by atoms with van der Waals surface area (Å²) in [6.45, 7) is 5.35. The van der Waals surface area contributed by atoms with Crippen LogP contribution in [0.1, 0.15) is 37.0 Å². The fraction of sp³-hybridized carbons (Fsp3) is 0.333. The van der Waals surface area contributed by atoms with Crippen molar-refractivity contribution in [3.63, 3.8) is 0 Å². The van der Waals surface area contributed by atoms with Gasteiger partial charge in [-0.2, -0.15) is 0 Å². The minimum atomic E-state index is 0.907. The summed E-state index contributed by atoms with van der Waals surface area (Å²) in [5.74, 6) is 0. The van der Waals surface area contributed by atoms with Gasteiger partial charge in [-0.3, -0.25) is 0 Å². The van der Waals surface area contributed by atoms with Gasteiger partial charge in [-0.1, -0.05) is 62.7 Å². The van der Waals surface area contributed by atoms with Crippen LogP contribution in [0.5, 0.6) is 0 Å². The summed E-state index contributed by atoms with van der Waals surface area (Å²) >= 11 is 0. The number of hydrogen-bond donors (Lipinski definition) is 1. The molecule has 0 heterocycles. The van der Waals surface area contributed by atoms with Gasteiger partial charge in [-0.15, -0.1) is 0 Å². The maximum Gasteiger partial charge on any atom is 0.0403 e. The van der Waals surface area contributed by atoms with Crippen LogP contribution >= 0.6 is 0 Å². The van der Waals surface area contributed by atoms with E-state index in [2.05, 4.69) is 67.7 Å². The molecule has 2 aromatic carbocycles. The SMILES string of the molecule is CCCc1ccccc1NCc1ccccc1CC. The molecule has 0 aliphatic heterocycles. The molecule has 0 radical (unpaired) electrons. The number of aryl methyl sites for hydroxylation is 2. The predicted octanol–water partition coefficient (Wildman–Crippen LogP) is 4.81. The van der Waals surface area contributed by atoms with E-state index in [0.717, 1.165) is 19.4 Å². The van der Waals surface area contributed by atoms with E-state index in [-0.39, 0.29) is 0 Å². The Labute approximate surface area is 116 Å². The summed E-state index contributed by atoms with van der Waals surface area (Å²) in [5.41, 5.74) is 5.52. The van der Waals surface area contributed by atoms with Crippen molar-refractivity contribution in [2.45, 2.75) is 39.7 Å². The van der Waals surface area contributed by atoms with Crippen LogP contribution in [0.25, 0.3) is 0 Å². The van der Waals surface area contributed by atoms with Crippen LogP contribution in [0, 0.1) is 0 Å². The van der Waals surface area contributed by atoms with Crippen LogP contribution in [-0.2, 0) is 19.4 Å². The Bertz CT molecular complexity index is 517. The minimum absolute atomic E-state index is 0.907. The summed E-state index contributed by atoms with van der Waals surface area (Å²) in [5, 5.41) is 3.59. The zero-order chi connectivity index (χ0) is 13.5. The molecule has 0 saturated heterocycles. The lowest BCUT2D eigenvalue weighted by Gasteiger charge is -2.13. The number of rotatable bonds is 6. The second kappa shape index (κ2) is 6.98. The molecule has 0 amide bonds. The lowest BCUT2D eigenvalue weighted by atomic mass is 10.0. The highest BCUT2D eigenvalue weighted by molar-refractivity contribution is 5.51. The smallest absolute Gasteiger partial charge is 0.0403 e. The quantitative estimate of drug-likeness (QED) is 0.778. The third kappa shape index (κ3) is 3.60. The van der Waals surface area contributed by atoms with Crippen molar-refractivity contribution in [2.24, 2.45) is 0 Å². The Hall–Kier alpha value is -1.76. The number of anilines is 1. The summed E-state index contributed by atoms with van der Waals surface area (Å²) in [6.07, 6.45) is 3.41. The summed E-state index contributed by atoms with van der Waals surface area (Å²) in [4.78, 5) is 0. The van der Waals surface area contributed by atoms with Crippen LogP contribution in [-0.4, -0.2) is 0 Å². The molecule has 0 unspecified atom stereocenters. The van der Waals surface area contributed by atoms with Crippen LogP contribution in [0.2, 0.25) is 0 Å². The first-order valence-electron chi connectivity index (χ1n) is 7.23. The third-order valence-electron chi connectivity index (χ3n) is 3.51. The standard InChI is InChI=1S/C18H23N/c1-3-9-16-11-7-8-13-18(16)19-14-17-12-6-5-10-15(17)4-2/h5-8,10-13,19H,3-4,9,14H2,1-2H3. The lowest BCUT2D eigenvalue weighted by molar-refractivity contribution is 0.918. The fourth-order valence-electron chi connectivity index (χ4n) is 2.45. The normalized spacial score (nSPS) is 10.4. The molecule has 0 bridgehead atoms. The molecule has 0 fully saturated rings. The highest BCUT2D eigenvalue weighted by Gasteiger charge is 2.02. The first kappa shape index (κ1) is 13.7. The van der Waals surface area contributed by atoms with Gasteiger partial charge < -0.3 is 5.32 Å². The van der Waals surface area contributed by atoms with Crippen LogP contribution in [0.4, 0.5) is 5.69 Å². The summed E-state index contributed by atoms with van der Waals surface area (Å²) in [7, 11) is 0. The maximum atomic E-state index is 3.59. The predicted molar refractivity (Wildman–Crippen MR) is 83.6 cm³/mol. The van der Waals surface area contributed by atoms with Crippen LogP contribution in [0.15, 0.2) is 48.5 Å². The average Bonchev–Trinajstić information content (AvgIpc) is 2.47. The van der Waals surface area contributed by atoms with E-state index in [0.29, 0.717) is 0 Å². The van der Waals surface area contributed by atoms with Gasteiger partial charge in [0.25, 0.3) is 0 Å². The first-order chi connectivity index (χ1) is 9.35. The molecule has 0 aliphatic rings. The largest absolute Gasteiger partial charge is 0.381 e. The van der Waals surface area contributed by atoms with Gasteiger partial charge in [0.15, 0.2) is 0 Å². The molecule has 0 aliphatic carbocycles. The molecule has 2 rings (SSSR count). The highest BCUT2D eigenvalue weighted by atomic mass is 14.9. The molecule has 1 heteroatoms. The molecular formula is C18H23N. The van der Waals surface area contributed by atoms with E-state index in [9.17, 15) is 0 Å². The monoisotopic (exact) mass is 253 g/mol. The van der Waals surface area contributed by atoms with E-state index >= 15 is 0 Å². The molecule has 2 aromatic rings. The number of benzene rings is 2. The zero-order valence-corrected chi connectivity index (χ0v) is 11.9.